The van der Waals surface area contributed by atoms with E-state index in [0.717, 1.165) is 27.0 Å². The van der Waals surface area contributed by atoms with E-state index < -0.39 is 12.1 Å². The molecular weight excluding hydrogens is 438 g/mol. The molecule has 9 heteroatoms. The number of anilines is 1. The summed E-state index contributed by atoms with van der Waals surface area (Å²) in [5, 5.41) is 15.9. The second kappa shape index (κ2) is 10.3. The average Bonchev–Trinajstić information content (AvgIpc) is 3.45. The first-order valence-electron chi connectivity index (χ1n) is 10.7. The van der Waals surface area contributed by atoms with Crippen LogP contribution in [-0.2, 0) is 22.6 Å². The molecule has 33 heavy (non-hydrogen) atoms. The minimum atomic E-state index is -0.862. The van der Waals surface area contributed by atoms with Gasteiger partial charge in [0.15, 0.2) is 0 Å². The molecule has 0 aliphatic heterocycles. The molecule has 0 aliphatic carbocycles. The summed E-state index contributed by atoms with van der Waals surface area (Å²) in [5.74, 6) is -0.176. The molecule has 1 atom stereocenters. The first-order valence-corrected chi connectivity index (χ1v) is 11.5. The monoisotopic (exact) mass is 463 g/mol. The number of carbonyl (C=O) groups is 2. The molecule has 0 unspecified atom stereocenters. The number of nitrogens with zero attached hydrogens (tertiary/aromatic N) is 2. The van der Waals surface area contributed by atoms with Gasteiger partial charge in [-0.25, -0.2) is 4.79 Å². The number of hydrogen-bond donors (Lipinski definition) is 3. The molecule has 4 aromatic rings. The Balaban J connectivity index is 1.49. The molecule has 0 saturated heterocycles. The van der Waals surface area contributed by atoms with E-state index in [2.05, 4.69) is 25.8 Å². The van der Waals surface area contributed by atoms with Gasteiger partial charge in [-0.1, -0.05) is 73.7 Å². The first kappa shape index (κ1) is 22.5. The first-order chi connectivity index (χ1) is 16.0. The number of amides is 2. The quantitative estimate of drug-likeness (QED) is 0.353. The third kappa shape index (κ3) is 5.75. The molecule has 8 nitrogen and oxygen atoms in total. The van der Waals surface area contributed by atoms with Crippen LogP contribution in [0.25, 0.3) is 10.9 Å². The standard InChI is InChI=1S/C24H25N5O3S/c1-15(2)22-28-29-23(33-22)27-21(30)20(12-17-13-25-19-11-7-6-10-18(17)19)26-24(31)32-14-16-8-4-3-5-9-16/h3-11,13,15,20,25H,12,14H2,1-2H3,(H,26,31)(H,27,29,30)/t20-/m0/s1. The van der Waals surface area contributed by atoms with Gasteiger partial charge in [0.2, 0.25) is 11.0 Å². The third-order valence-electron chi connectivity index (χ3n) is 5.08. The molecule has 2 aromatic heterocycles. The van der Waals surface area contributed by atoms with Crippen LogP contribution in [0.1, 0.15) is 35.9 Å². The highest BCUT2D eigenvalue weighted by Gasteiger charge is 2.25. The number of aromatic amines is 1. The maximum absolute atomic E-state index is 13.1. The van der Waals surface area contributed by atoms with E-state index in [1.165, 1.54) is 11.3 Å². The van der Waals surface area contributed by atoms with Crippen molar-refractivity contribution in [1.82, 2.24) is 20.5 Å². The summed E-state index contributed by atoms with van der Waals surface area (Å²) < 4.78 is 5.34. The fourth-order valence-corrected chi connectivity index (χ4v) is 4.10. The van der Waals surface area contributed by atoms with Gasteiger partial charge >= 0.3 is 6.09 Å². The molecule has 2 amide bonds. The molecule has 2 aromatic carbocycles. The van der Waals surface area contributed by atoms with Crippen LogP contribution < -0.4 is 10.6 Å². The smallest absolute Gasteiger partial charge is 0.408 e. The van der Waals surface area contributed by atoms with Crippen LogP contribution in [0.3, 0.4) is 0 Å². The molecule has 0 radical (unpaired) electrons. The fraction of sp³-hybridized carbons (Fsp3) is 0.250. The second-order valence-corrected chi connectivity index (χ2v) is 8.92. The van der Waals surface area contributed by atoms with Crippen molar-refractivity contribution in [2.75, 3.05) is 5.32 Å². The second-order valence-electron chi connectivity index (χ2n) is 7.91. The number of aromatic nitrogens is 3. The maximum Gasteiger partial charge on any atom is 0.408 e. The predicted molar refractivity (Wildman–Crippen MR) is 128 cm³/mol. The van der Waals surface area contributed by atoms with E-state index in [1.807, 2.05) is 74.6 Å². The van der Waals surface area contributed by atoms with Gasteiger partial charge in [-0.15, -0.1) is 10.2 Å². The molecular formula is C24H25N5O3S. The van der Waals surface area contributed by atoms with Crippen molar-refractivity contribution < 1.29 is 14.3 Å². The molecule has 2 heterocycles. The Hall–Kier alpha value is -3.72. The largest absolute Gasteiger partial charge is 0.445 e. The van der Waals surface area contributed by atoms with Crippen LogP contribution in [0.4, 0.5) is 9.93 Å². The van der Waals surface area contributed by atoms with Gasteiger partial charge in [0.25, 0.3) is 0 Å². The lowest BCUT2D eigenvalue weighted by molar-refractivity contribution is -0.118. The summed E-state index contributed by atoms with van der Waals surface area (Å²) in [7, 11) is 0. The van der Waals surface area contributed by atoms with Crippen molar-refractivity contribution >= 4 is 39.4 Å². The van der Waals surface area contributed by atoms with Crippen molar-refractivity contribution in [2.24, 2.45) is 0 Å². The van der Waals surface area contributed by atoms with Crippen LogP contribution >= 0.6 is 11.3 Å². The number of nitrogens with one attached hydrogen (secondary N) is 3. The van der Waals surface area contributed by atoms with Gasteiger partial charge in [-0.2, -0.15) is 0 Å². The summed E-state index contributed by atoms with van der Waals surface area (Å²) in [4.78, 5) is 28.8. The maximum atomic E-state index is 13.1. The lowest BCUT2D eigenvalue weighted by Crippen LogP contribution is -2.45. The van der Waals surface area contributed by atoms with E-state index in [0.29, 0.717) is 5.13 Å². The predicted octanol–water partition coefficient (Wildman–Crippen LogP) is 4.62. The summed E-state index contributed by atoms with van der Waals surface area (Å²) in [6.07, 6.45) is 1.47. The Morgan fingerprint density at radius 1 is 1.06 bits per heavy atom. The average molecular weight is 464 g/mol. The van der Waals surface area contributed by atoms with Crippen molar-refractivity contribution in [1.29, 1.82) is 0 Å². The highest BCUT2D eigenvalue weighted by Crippen LogP contribution is 2.23. The van der Waals surface area contributed by atoms with Crippen molar-refractivity contribution in [3.63, 3.8) is 0 Å². The zero-order valence-electron chi connectivity index (χ0n) is 18.4. The molecule has 0 bridgehead atoms. The van der Waals surface area contributed by atoms with Crippen LogP contribution in [-0.4, -0.2) is 33.2 Å². The van der Waals surface area contributed by atoms with Gasteiger partial charge in [0, 0.05) is 29.4 Å². The van der Waals surface area contributed by atoms with Crippen LogP contribution in [0, 0.1) is 0 Å². The van der Waals surface area contributed by atoms with Crippen LogP contribution in [0.5, 0.6) is 0 Å². The minimum absolute atomic E-state index is 0.113. The van der Waals surface area contributed by atoms with Gasteiger partial charge in [0.1, 0.15) is 17.7 Å². The van der Waals surface area contributed by atoms with Gasteiger partial charge < -0.3 is 15.0 Å². The third-order valence-corrected chi connectivity index (χ3v) is 6.22. The number of fused-ring (bicyclic) bond motifs is 1. The topological polar surface area (TPSA) is 109 Å². The lowest BCUT2D eigenvalue weighted by atomic mass is 10.0. The number of rotatable bonds is 8. The summed E-state index contributed by atoms with van der Waals surface area (Å²) in [6.45, 7) is 4.13. The highest BCUT2D eigenvalue weighted by molar-refractivity contribution is 7.15. The van der Waals surface area contributed by atoms with E-state index >= 15 is 0 Å². The molecule has 0 saturated carbocycles. The fourth-order valence-electron chi connectivity index (χ4n) is 3.35. The van der Waals surface area contributed by atoms with E-state index in [4.69, 9.17) is 4.74 Å². The SMILES string of the molecule is CC(C)c1nnc(NC(=O)[C@H](Cc2c[nH]c3ccccc23)NC(=O)OCc2ccccc2)s1. The van der Waals surface area contributed by atoms with Gasteiger partial charge in [-0.05, 0) is 17.2 Å². The minimum Gasteiger partial charge on any atom is -0.445 e. The van der Waals surface area contributed by atoms with E-state index in [9.17, 15) is 9.59 Å². The number of para-hydroxylation sites is 1. The summed E-state index contributed by atoms with van der Waals surface area (Å²) in [5.41, 5.74) is 2.73. The number of carbonyl (C=O) groups excluding carboxylic acids is 2. The van der Waals surface area contributed by atoms with E-state index in [1.54, 1.807) is 0 Å². The molecule has 3 N–H and O–H groups in total. The number of H-pyrrole nitrogens is 1. The Morgan fingerprint density at radius 3 is 2.58 bits per heavy atom. The van der Waals surface area contributed by atoms with Gasteiger partial charge in [0.05, 0.1) is 0 Å². The lowest BCUT2D eigenvalue weighted by Gasteiger charge is -2.17. The Morgan fingerprint density at radius 2 is 1.82 bits per heavy atom. The zero-order chi connectivity index (χ0) is 23.2. The number of benzene rings is 2. The number of ether oxygens (including phenoxy) is 1. The van der Waals surface area contributed by atoms with Crippen LogP contribution in [0.15, 0.2) is 60.8 Å². The van der Waals surface area contributed by atoms with Crippen LogP contribution in [0.2, 0.25) is 0 Å². The van der Waals surface area contributed by atoms with Crippen molar-refractivity contribution in [3.05, 3.63) is 76.9 Å². The zero-order valence-corrected chi connectivity index (χ0v) is 19.2. The Labute approximate surface area is 195 Å². The molecule has 4 rings (SSSR count). The Kier molecular flexibility index (Phi) is 6.99. The molecule has 0 spiro atoms. The summed E-state index contributed by atoms with van der Waals surface area (Å²) >= 11 is 1.32. The molecule has 0 fully saturated rings. The molecule has 0 aliphatic rings. The normalized spacial score (nSPS) is 12.0. The summed E-state index contributed by atoms with van der Waals surface area (Å²) in [6, 6.07) is 16.3. The van der Waals surface area contributed by atoms with Gasteiger partial charge in [-0.3, -0.25) is 10.1 Å². The van der Waals surface area contributed by atoms with E-state index in [-0.39, 0.29) is 24.9 Å². The highest BCUT2D eigenvalue weighted by atomic mass is 32.1. The van der Waals surface area contributed by atoms with Crippen molar-refractivity contribution in [2.45, 2.75) is 38.8 Å². The molecule has 170 valence electrons. The number of hydrogen-bond acceptors (Lipinski definition) is 6. The number of alkyl carbamates (subject to hydrolysis) is 1. The van der Waals surface area contributed by atoms with Crippen molar-refractivity contribution in [3.8, 4) is 0 Å². The Bertz CT molecular complexity index is 1240.